The van der Waals surface area contributed by atoms with Gasteiger partial charge in [-0.2, -0.15) is 0 Å². The van der Waals surface area contributed by atoms with Crippen molar-refractivity contribution >= 4 is 0 Å². The number of nitrogens with zero attached hydrogens (tertiary/aromatic N) is 1. The van der Waals surface area contributed by atoms with Crippen molar-refractivity contribution in [1.29, 1.82) is 0 Å². The van der Waals surface area contributed by atoms with Gasteiger partial charge >= 0.3 is 0 Å². The first-order chi connectivity index (χ1) is 10.3. The number of nitrogens with one attached hydrogen (secondary N) is 1. The maximum Gasteiger partial charge on any atom is 0.0935 e. The first-order valence-corrected chi connectivity index (χ1v) is 8.76. The van der Waals surface area contributed by atoms with Gasteiger partial charge in [0, 0.05) is 11.6 Å². The van der Waals surface area contributed by atoms with E-state index < -0.39 is 0 Å². The normalized spacial score (nSPS) is 19.2. The lowest BCUT2D eigenvalue weighted by Crippen LogP contribution is -2.60. The Bertz CT molecular complexity index is 378. The molecule has 0 saturated heterocycles. The van der Waals surface area contributed by atoms with Crippen molar-refractivity contribution in [1.82, 2.24) is 10.2 Å². The molecule has 3 heteroatoms. The molecule has 1 atom stereocenters. The van der Waals surface area contributed by atoms with E-state index in [1.54, 1.807) is 6.26 Å². The Morgan fingerprint density at radius 1 is 1.24 bits per heavy atom. The zero-order valence-corrected chi connectivity index (χ0v) is 14.0. The molecule has 3 nitrogen and oxygen atoms in total. The van der Waals surface area contributed by atoms with Crippen molar-refractivity contribution in [2.45, 2.75) is 70.9 Å². The van der Waals surface area contributed by atoms with Crippen molar-refractivity contribution < 1.29 is 4.42 Å². The largest absolute Gasteiger partial charge is 0.472 e. The van der Waals surface area contributed by atoms with Gasteiger partial charge in [0.2, 0.25) is 0 Å². The predicted octanol–water partition coefficient (Wildman–Crippen LogP) is 3.84. The number of likely N-dealkylation sites (N-methyl/N-ethyl adjacent to an activating group) is 1. The van der Waals surface area contributed by atoms with E-state index in [0.717, 1.165) is 26.1 Å². The molecule has 2 rings (SSSR count). The van der Waals surface area contributed by atoms with Gasteiger partial charge < -0.3 is 9.73 Å². The van der Waals surface area contributed by atoms with Crippen molar-refractivity contribution in [2.24, 2.45) is 0 Å². The smallest absolute Gasteiger partial charge is 0.0935 e. The van der Waals surface area contributed by atoms with E-state index in [9.17, 15) is 0 Å². The van der Waals surface area contributed by atoms with E-state index in [1.165, 1.54) is 37.7 Å². The minimum atomic E-state index is 0.329. The zero-order valence-electron chi connectivity index (χ0n) is 14.0. The van der Waals surface area contributed by atoms with Crippen molar-refractivity contribution in [2.75, 3.05) is 19.6 Å². The number of hydrogen-bond acceptors (Lipinski definition) is 3. The molecule has 1 aliphatic rings. The Hall–Kier alpha value is -0.800. The van der Waals surface area contributed by atoms with Crippen LogP contribution in [0.3, 0.4) is 0 Å². The van der Waals surface area contributed by atoms with E-state index in [2.05, 4.69) is 37.1 Å². The van der Waals surface area contributed by atoms with Gasteiger partial charge in [0.1, 0.15) is 0 Å². The zero-order chi connectivity index (χ0) is 15.1. The summed E-state index contributed by atoms with van der Waals surface area (Å²) in [7, 11) is 0. The fraction of sp³-hybridized carbons (Fsp3) is 0.778. The molecule has 1 aliphatic carbocycles. The summed E-state index contributed by atoms with van der Waals surface area (Å²) in [6.07, 6.45) is 11.4. The summed E-state index contributed by atoms with van der Waals surface area (Å²) >= 11 is 0. The van der Waals surface area contributed by atoms with E-state index in [0.29, 0.717) is 11.6 Å². The maximum atomic E-state index is 5.29. The summed E-state index contributed by atoms with van der Waals surface area (Å²) in [6, 6.07) is 2.64. The van der Waals surface area contributed by atoms with E-state index in [4.69, 9.17) is 4.42 Å². The first-order valence-electron chi connectivity index (χ1n) is 8.76. The molecule has 1 saturated carbocycles. The van der Waals surface area contributed by atoms with Crippen LogP contribution in [0, 0.1) is 0 Å². The lowest BCUT2D eigenvalue weighted by atomic mass is 9.82. The SMILES string of the molecule is CCCNC(Cc1ccoc1)C1(N(CC)CC)CCCC1. The van der Waals surface area contributed by atoms with Gasteiger partial charge in [0.25, 0.3) is 0 Å². The van der Waals surface area contributed by atoms with E-state index >= 15 is 0 Å². The van der Waals surface area contributed by atoms with Crippen LogP contribution in [-0.2, 0) is 6.42 Å². The third kappa shape index (κ3) is 3.70. The monoisotopic (exact) mass is 292 g/mol. The second-order valence-electron chi connectivity index (χ2n) is 6.33. The Morgan fingerprint density at radius 2 is 1.95 bits per heavy atom. The molecule has 1 heterocycles. The summed E-state index contributed by atoms with van der Waals surface area (Å²) in [5.41, 5.74) is 1.65. The summed E-state index contributed by atoms with van der Waals surface area (Å²) < 4.78 is 5.29. The fourth-order valence-corrected chi connectivity index (χ4v) is 4.14. The Morgan fingerprint density at radius 3 is 2.48 bits per heavy atom. The summed E-state index contributed by atoms with van der Waals surface area (Å²) in [5.74, 6) is 0. The van der Waals surface area contributed by atoms with Crippen LogP contribution in [0.15, 0.2) is 23.0 Å². The molecule has 0 amide bonds. The average Bonchev–Trinajstić information content (AvgIpc) is 3.17. The Labute approximate surface area is 130 Å². The van der Waals surface area contributed by atoms with E-state index in [-0.39, 0.29) is 0 Å². The number of furan rings is 1. The summed E-state index contributed by atoms with van der Waals surface area (Å²) in [6.45, 7) is 10.3. The number of rotatable bonds is 9. The third-order valence-electron chi connectivity index (χ3n) is 5.17. The Kier molecular flexibility index (Phi) is 6.31. The molecular weight excluding hydrogens is 260 g/mol. The highest BCUT2D eigenvalue weighted by Crippen LogP contribution is 2.39. The molecule has 1 fully saturated rings. The van der Waals surface area contributed by atoms with Crippen LogP contribution in [0.25, 0.3) is 0 Å². The van der Waals surface area contributed by atoms with Gasteiger partial charge in [-0.05, 0) is 56.9 Å². The molecule has 1 aromatic heterocycles. The minimum Gasteiger partial charge on any atom is -0.472 e. The molecule has 1 aromatic rings. The average molecular weight is 292 g/mol. The molecule has 0 aromatic carbocycles. The standard InChI is InChI=1S/C18H32N2O/c1-4-12-19-17(14-16-9-13-21-15-16)18(10-7-8-11-18)20(5-2)6-3/h9,13,15,17,19H,4-8,10-12,14H2,1-3H3. The Balaban J connectivity index is 2.21. The molecular formula is C18H32N2O. The lowest BCUT2D eigenvalue weighted by Gasteiger charge is -2.47. The van der Waals surface area contributed by atoms with Crippen LogP contribution in [0.5, 0.6) is 0 Å². The fourth-order valence-electron chi connectivity index (χ4n) is 4.14. The quantitative estimate of drug-likeness (QED) is 0.749. The molecule has 1 unspecified atom stereocenters. The van der Waals surface area contributed by atoms with Gasteiger partial charge in [0.05, 0.1) is 12.5 Å². The van der Waals surface area contributed by atoms with Crippen molar-refractivity contribution in [3.05, 3.63) is 24.2 Å². The van der Waals surface area contributed by atoms with Gasteiger partial charge in [-0.25, -0.2) is 0 Å². The van der Waals surface area contributed by atoms with Crippen LogP contribution >= 0.6 is 0 Å². The van der Waals surface area contributed by atoms with Crippen LogP contribution < -0.4 is 5.32 Å². The van der Waals surface area contributed by atoms with Gasteiger partial charge in [-0.15, -0.1) is 0 Å². The molecule has 0 spiro atoms. The van der Waals surface area contributed by atoms with Crippen LogP contribution in [0.4, 0.5) is 0 Å². The van der Waals surface area contributed by atoms with Crippen LogP contribution in [0.1, 0.15) is 58.4 Å². The molecule has 0 radical (unpaired) electrons. The second kappa shape index (κ2) is 8.00. The van der Waals surface area contributed by atoms with Gasteiger partial charge in [-0.1, -0.05) is 33.6 Å². The van der Waals surface area contributed by atoms with Crippen LogP contribution in [-0.4, -0.2) is 36.1 Å². The lowest BCUT2D eigenvalue weighted by molar-refractivity contribution is 0.0629. The van der Waals surface area contributed by atoms with Gasteiger partial charge in [-0.3, -0.25) is 4.90 Å². The van der Waals surface area contributed by atoms with Gasteiger partial charge in [0.15, 0.2) is 0 Å². The molecule has 0 aliphatic heterocycles. The van der Waals surface area contributed by atoms with E-state index in [1.807, 2.05) is 6.26 Å². The van der Waals surface area contributed by atoms with Crippen molar-refractivity contribution in [3.8, 4) is 0 Å². The second-order valence-corrected chi connectivity index (χ2v) is 6.33. The number of hydrogen-bond donors (Lipinski definition) is 1. The minimum absolute atomic E-state index is 0.329. The first kappa shape index (κ1) is 16.6. The molecule has 21 heavy (non-hydrogen) atoms. The topological polar surface area (TPSA) is 28.4 Å². The third-order valence-corrected chi connectivity index (χ3v) is 5.17. The highest BCUT2D eigenvalue weighted by atomic mass is 16.3. The predicted molar refractivity (Wildman–Crippen MR) is 88.6 cm³/mol. The maximum absolute atomic E-state index is 5.29. The summed E-state index contributed by atoms with van der Waals surface area (Å²) in [4.78, 5) is 2.70. The van der Waals surface area contributed by atoms with Crippen LogP contribution in [0.2, 0.25) is 0 Å². The summed E-state index contributed by atoms with van der Waals surface area (Å²) in [5, 5.41) is 3.86. The molecule has 120 valence electrons. The molecule has 1 N–H and O–H groups in total. The molecule has 0 bridgehead atoms. The highest BCUT2D eigenvalue weighted by Gasteiger charge is 2.44. The highest BCUT2D eigenvalue weighted by molar-refractivity contribution is 5.13. The van der Waals surface area contributed by atoms with Crippen molar-refractivity contribution in [3.63, 3.8) is 0 Å².